The molecule has 3 aromatic rings. The average Bonchev–Trinajstić information content (AvgIpc) is 2.87. The van der Waals surface area contributed by atoms with Crippen molar-refractivity contribution in [2.45, 2.75) is 37.5 Å². The Morgan fingerprint density at radius 1 is 1.00 bits per heavy atom. The molecule has 0 aromatic heterocycles. The van der Waals surface area contributed by atoms with E-state index in [2.05, 4.69) is 5.32 Å². The molecule has 0 spiro atoms. The first-order valence-corrected chi connectivity index (χ1v) is 15.2. The number of sulfonamides is 1. The number of carbonyl (C=O) groups is 2. The van der Waals surface area contributed by atoms with Crippen LogP contribution in [0.1, 0.15) is 30.5 Å². The molecule has 0 aliphatic carbocycles. The number of nitrogens with one attached hydrogen (secondary N) is 1. The lowest BCUT2D eigenvalue weighted by Crippen LogP contribution is -2.69. The maximum atomic E-state index is 14.2. The van der Waals surface area contributed by atoms with Gasteiger partial charge in [0, 0.05) is 35.1 Å². The molecule has 41 heavy (non-hydrogen) atoms. The molecule has 0 radical (unpaired) electrons. The summed E-state index contributed by atoms with van der Waals surface area (Å²) in [6, 6.07) is 13.5. The van der Waals surface area contributed by atoms with Gasteiger partial charge in [-0.25, -0.2) is 17.2 Å². The summed E-state index contributed by atoms with van der Waals surface area (Å²) >= 11 is 12.3. The molecule has 1 aliphatic heterocycles. The first-order chi connectivity index (χ1) is 19.2. The Morgan fingerprint density at radius 3 is 1.93 bits per heavy atom. The first kappa shape index (κ1) is 30.7. The number of anilines is 1. The Balaban J connectivity index is 1.80. The summed E-state index contributed by atoms with van der Waals surface area (Å²) in [4.78, 5) is 26.6. The first-order valence-electron chi connectivity index (χ1n) is 12.6. The average molecular weight is 626 g/mol. The van der Waals surface area contributed by atoms with Crippen LogP contribution in [0.4, 0.5) is 14.5 Å². The minimum absolute atomic E-state index is 0.102. The van der Waals surface area contributed by atoms with E-state index in [0.717, 1.165) is 33.8 Å². The van der Waals surface area contributed by atoms with E-state index in [9.17, 15) is 26.8 Å². The molecular weight excluding hydrogens is 597 g/mol. The highest BCUT2D eigenvalue weighted by molar-refractivity contribution is 7.92. The van der Waals surface area contributed by atoms with Crippen molar-refractivity contribution in [2.75, 3.05) is 17.1 Å². The second kappa shape index (κ2) is 12.3. The van der Waals surface area contributed by atoms with Gasteiger partial charge >= 0.3 is 0 Å². The maximum Gasteiger partial charge on any atom is 0.239 e. The third-order valence-corrected chi connectivity index (χ3v) is 8.63. The van der Waals surface area contributed by atoms with E-state index in [1.54, 1.807) is 24.3 Å². The third-order valence-electron chi connectivity index (χ3n) is 6.93. The quantitative estimate of drug-likeness (QED) is 0.350. The van der Waals surface area contributed by atoms with Crippen LogP contribution in [-0.4, -0.2) is 56.1 Å². The van der Waals surface area contributed by atoms with Gasteiger partial charge in [0.05, 0.1) is 24.0 Å². The Hall–Kier alpha value is -3.25. The van der Waals surface area contributed by atoms with Gasteiger partial charge in [-0.1, -0.05) is 47.5 Å². The van der Waals surface area contributed by atoms with Crippen molar-refractivity contribution in [3.05, 3.63) is 99.5 Å². The molecule has 4 rings (SSSR count). The zero-order valence-corrected chi connectivity index (χ0v) is 24.4. The number of halogens is 4. The predicted octanol–water partition coefficient (Wildman–Crippen LogP) is 4.26. The number of likely N-dealkylation sites (tertiary alicyclic amines) is 1. The smallest absolute Gasteiger partial charge is 0.239 e. The number of carbonyl (C=O) groups excluding carboxylic acids is 2. The van der Waals surface area contributed by atoms with Crippen LogP contribution in [0.2, 0.25) is 10.0 Å². The van der Waals surface area contributed by atoms with Gasteiger partial charge in [0.15, 0.2) is 0 Å². The van der Waals surface area contributed by atoms with E-state index in [1.165, 1.54) is 6.92 Å². The fourth-order valence-electron chi connectivity index (χ4n) is 5.06. The minimum atomic E-state index is -4.07. The maximum absolute atomic E-state index is 14.2. The van der Waals surface area contributed by atoms with Gasteiger partial charge in [-0.15, -0.1) is 0 Å². The number of nitrogens with zero attached hydrogens (tertiary/aromatic N) is 2. The van der Waals surface area contributed by atoms with Gasteiger partial charge < -0.3 is 11.1 Å². The number of benzene rings is 3. The molecule has 1 fully saturated rings. The zero-order valence-electron chi connectivity index (χ0n) is 22.1. The SMILES string of the molecule is CC(NC(=O)CC1C(N(c2cc(F)cc(F)c2)S(C)(=O)=O)CN1C(c1ccc(Cl)cc1)c1ccc(Cl)cc1)C(N)=O. The van der Waals surface area contributed by atoms with Crippen LogP contribution >= 0.6 is 23.2 Å². The molecule has 0 saturated carbocycles. The molecular formula is C28H28Cl2F2N4O4S. The minimum Gasteiger partial charge on any atom is -0.368 e. The van der Waals surface area contributed by atoms with Crippen molar-refractivity contribution >= 4 is 50.7 Å². The Morgan fingerprint density at radius 2 is 1.49 bits per heavy atom. The van der Waals surface area contributed by atoms with Crippen molar-refractivity contribution in [1.82, 2.24) is 10.2 Å². The van der Waals surface area contributed by atoms with E-state index in [0.29, 0.717) is 16.1 Å². The molecule has 1 saturated heterocycles. The van der Waals surface area contributed by atoms with Crippen molar-refractivity contribution in [1.29, 1.82) is 0 Å². The molecule has 1 heterocycles. The summed E-state index contributed by atoms with van der Waals surface area (Å²) in [6.07, 6.45) is 0.685. The van der Waals surface area contributed by atoms with Crippen molar-refractivity contribution in [3.63, 3.8) is 0 Å². The number of hydrogen-bond acceptors (Lipinski definition) is 5. The third kappa shape index (κ3) is 7.16. The van der Waals surface area contributed by atoms with Crippen LogP contribution in [0.15, 0.2) is 66.7 Å². The molecule has 8 nitrogen and oxygen atoms in total. The van der Waals surface area contributed by atoms with Gasteiger partial charge in [-0.2, -0.15) is 0 Å². The van der Waals surface area contributed by atoms with Gasteiger partial charge in [-0.3, -0.25) is 18.8 Å². The second-order valence-electron chi connectivity index (χ2n) is 9.92. The molecule has 3 aromatic carbocycles. The molecule has 3 N–H and O–H groups in total. The lowest BCUT2D eigenvalue weighted by atomic mass is 9.85. The van der Waals surface area contributed by atoms with Crippen LogP contribution in [0, 0.1) is 11.6 Å². The van der Waals surface area contributed by atoms with E-state index >= 15 is 0 Å². The molecule has 3 atom stereocenters. The van der Waals surface area contributed by atoms with E-state index < -0.39 is 57.6 Å². The van der Waals surface area contributed by atoms with Crippen LogP contribution in [-0.2, 0) is 19.6 Å². The molecule has 2 amide bonds. The molecule has 13 heteroatoms. The zero-order chi connectivity index (χ0) is 30.1. The number of hydrogen-bond donors (Lipinski definition) is 2. The van der Waals surface area contributed by atoms with Gasteiger partial charge in [0.1, 0.15) is 17.7 Å². The summed E-state index contributed by atoms with van der Waals surface area (Å²) in [5, 5.41) is 3.55. The number of primary amides is 1. The van der Waals surface area contributed by atoms with Crippen molar-refractivity contribution in [3.8, 4) is 0 Å². The summed E-state index contributed by atoms with van der Waals surface area (Å²) in [6.45, 7) is 1.53. The van der Waals surface area contributed by atoms with Crippen LogP contribution in [0.3, 0.4) is 0 Å². The summed E-state index contributed by atoms with van der Waals surface area (Å²) < 4.78 is 55.4. The highest BCUT2D eigenvalue weighted by Gasteiger charge is 2.50. The summed E-state index contributed by atoms with van der Waals surface area (Å²) in [7, 11) is -4.07. The van der Waals surface area contributed by atoms with E-state index in [-0.39, 0.29) is 18.7 Å². The van der Waals surface area contributed by atoms with Crippen molar-refractivity contribution in [2.24, 2.45) is 5.73 Å². The highest BCUT2D eigenvalue weighted by Crippen LogP contribution is 2.41. The largest absolute Gasteiger partial charge is 0.368 e. The number of rotatable bonds is 10. The molecule has 1 aliphatic rings. The van der Waals surface area contributed by atoms with Crippen LogP contribution < -0.4 is 15.4 Å². The summed E-state index contributed by atoms with van der Waals surface area (Å²) in [5.41, 5.74) is 6.70. The predicted molar refractivity (Wildman–Crippen MR) is 154 cm³/mol. The van der Waals surface area contributed by atoms with Crippen LogP contribution in [0.5, 0.6) is 0 Å². The van der Waals surface area contributed by atoms with Crippen LogP contribution in [0.25, 0.3) is 0 Å². The molecule has 3 unspecified atom stereocenters. The van der Waals surface area contributed by atoms with Crippen molar-refractivity contribution < 1.29 is 26.8 Å². The molecule has 0 bridgehead atoms. The van der Waals surface area contributed by atoms with E-state index in [4.69, 9.17) is 28.9 Å². The standard InChI is InChI=1S/C28H28Cl2F2N4O4S/c1-16(28(33)38)34-26(37)14-24-25(36(41(2,39)40)23-12-21(31)11-22(32)13-23)15-35(24)27(17-3-7-19(29)8-4-17)18-5-9-20(30)10-6-18/h3-13,16,24-25,27H,14-15H2,1-2H3,(H2,33,38)(H,34,37). The lowest BCUT2D eigenvalue weighted by Gasteiger charge is -2.55. The fraction of sp³-hybridized carbons (Fsp3) is 0.286. The van der Waals surface area contributed by atoms with Gasteiger partial charge in [-0.05, 0) is 54.4 Å². The molecule has 218 valence electrons. The number of amides is 2. The number of nitrogens with two attached hydrogens (primary N) is 1. The lowest BCUT2D eigenvalue weighted by molar-refractivity contribution is -0.129. The van der Waals surface area contributed by atoms with Gasteiger partial charge in [0.25, 0.3) is 0 Å². The second-order valence-corrected chi connectivity index (χ2v) is 12.7. The Bertz CT molecular complexity index is 1480. The fourth-order valence-corrected chi connectivity index (χ4v) is 6.50. The topological polar surface area (TPSA) is 113 Å². The monoisotopic (exact) mass is 624 g/mol. The van der Waals surface area contributed by atoms with Gasteiger partial charge in [0.2, 0.25) is 21.8 Å². The van der Waals surface area contributed by atoms with E-state index in [1.807, 2.05) is 29.2 Å². The normalized spacial score (nSPS) is 18.0. The Kier molecular flexibility index (Phi) is 9.22. The Labute approximate surface area is 247 Å². The summed E-state index contributed by atoms with van der Waals surface area (Å²) in [5.74, 6) is -3.20. The highest BCUT2D eigenvalue weighted by atomic mass is 35.5.